The summed E-state index contributed by atoms with van der Waals surface area (Å²) in [6, 6.07) is 15.4. The molecule has 5 atom stereocenters. The van der Waals surface area contributed by atoms with E-state index in [1.54, 1.807) is 11.3 Å². The zero-order valence-corrected chi connectivity index (χ0v) is 43.4. The Kier molecular flexibility index (Phi) is 17.4. The highest BCUT2D eigenvalue weighted by molar-refractivity contribution is 7.13. The number of thiazole rings is 1. The maximum Gasteiger partial charge on any atom is 0.246 e. The van der Waals surface area contributed by atoms with Crippen LogP contribution < -0.4 is 15.4 Å². The number of nitrogens with one attached hydrogen (secondary N) is 3. The van der Waals surface area contributed by atoms with Gasteiger partial charge in [0.1, 0.15) is 35.1 Å². The summed E-state index contributed by atoms with van der Waals surface area (Å²) in [5.41, 5.74) is 4.92. The highest BCUT2D eigenvalue weighted by Gasteiger charge is 2.45. The number of amides is 3. The number of likely N-dealkylation sites (tertiary alicyclic amines) is 1. The van der Waals surface area contributed by atoms with Gasteiger partial charge in [-0.15, -0.1) is 11.3 Å². The smallest absolute Gasteiger partial charge is 0.246 e. The number of aromatic nitrogens is 2. The van der Waals surface area contributed by atoms with Crippen molar-refractivity contribution in [3.05, 3.63) is 106 Å². The van der Waals surface area contributed by atoms with E-state index in [-0.39, 0.29) is 68.3 Å². The molecule has 12 nitrogen and oxygen atoms in total. The van der Waals surface area contributed by atoms with Gasteiger partial charge >= 0.3 is 0 Å². The van der Waals surface area contributed by atoms with Crippen molar-refractivity contribution in [2.75, 3.05) is 39.8 Å². The highest BCUT2D eigenvalue weighted by Crippen LogP contribution is 2.44. The molecular weight excluding hydrogens is 928 g/mol. The third kappa shape index (κ3) is 13.4. The summed E-state index contributed by atoms with van der Waals surface area (Å²) in [5, 5.41) is 17.5. The largest absolute Gasteiger partial charge is 0.493 e. The number of hydrogen-bond acceptors (Lipinski definition) is 9. The number of aliphatic hydroxyl groups excluding tert-OH is 1. The summed E-state index contributed by atoms with van der Waals surface area (Å²) in [4.78, 5) is 55.1. The number of H-pyrrole nitrogens is 1. The number of rotatable bonds is 21. The quantitative estimate of drug-likeness (QED) is 0.0533. The molecule has 2 aliphatic rings. The summed E-state index contributed by atoms with van der Waals surface area (Å²) >= 11 is 1.57. The molecule has 7 rings (SSSR count). The maximum atomic E-state index is 16.1. The van der Waals surface area contributed by atoms with E-state index in [0.29, 0.717) is 25.0 Å². The van der Waals surface area contributed by atoms with E-state index in [1.807, 2.05) is 101 Å². The molecule has 0 aliphatic carbocycles. The molecule has 5 aromatic rings. The molecular formula is C55H72F3N7O5S. The first kappa shape index (κ1) is 53.5. The van der Waals surface area contributed by atoms with Crippen LogP contribution in [0.5, 0.6) is 5.75 Å². The number of aromatic amines is 1. The zero-order chi connectivity index (χ0) is 51.2. The first-order valence-corrected chi connectivity index (χ1v) is 26.0. The summed E-state index contributed by atoms with van der Waals surface area (Å²) in [6.45, 7) is 14.7. The van der Waals surface area contributed by atoms with E-state index in [2.05, 4.69) is 25.5 Å². The average molecular weight is 1000 g/mol. The van der Waals surface area contributed by atoms with Crippen LogP contribution in [0.25, 0.3) is 21.3 Å². The molecule has 1 saturated heterocycles. The van der Waals surface area contributed by atoms with Gasteiger partial charge in [0.2, 0.25) is 17.7 Å². The van der Waals surface area contributed by atoms with Crippen LogP contribution in [-0.2, 0) is 27.3 Å². The third-order valence-electron chi connectivity index (χ3n) is 13.8. The minimum Gasteiger partial charge on any atom is -0.493 e. The Bertz CT molecular complexity index is 2600. The van der Waals surface area contributed by atoms with Crippen molar-refractivity contribution in [2.45, 2.75) is 142 Å². The van der Waals surface area contributed by atoms with Crippen molar-refractivity contribution in [2.24, 2.45) is 5.41 Å². The van der Waals surface area contributed by atoms with Crippen LogP contribution in [0.15, 0.2) is 66.2 Å². The normalized spacial score (nSPS) is 19.0. The second kappa shape index (κ2) is 23.1. The molecule has 2 aliphatic heterocycles. The molecule has 71 heavy (non-hydrogen) atoms. The van der Waals surface area contributed by atoms with Gasteiger partial charge in [0.25, 0.3) is 0 Å². The highest BCUT2D eigenvalue weighted by atomic mass is 32.1. The van der Waals surface area contributed by atoms with Crippen molar-refractivity contribution in [1.82, 2.24) is 35.3 Å². The van der Waals surface area contributed by atoms with E-state index in [9.17, 15) is 19.5 Å². The second-order valence-corrected chi connectivity index (χ2v) is 22.2. The number of carbonyl (C=O) groups is 3. The number of aliphatic hydroxyl groups is 1. The SMILES string of the molecule is Cc1ncsc1-c1ccc(CNC(=O)[C@@H]2C[C@@H](O)CN2C(=O)C(NC(=O)CCCCCN(C)CCCCOc2cc(F)c([C@@H]3c4[nH]c5ccccc5c4C[C@@H](C)N3CC(C)(C)F)c(F)c2)C(C)(C)C)cc1. The minimum atomic E-state index is -1.59. The average Bonchev–Trinajstić information content (AvgIpc) is 4.03. The summed E-state index contributed by atoms with van der Waals surface area (Å²) in [6.07, 6.45) is 3.91. The van der Waals surface area contributed by atoms with Crippen molar-refractivity contribution in [1.29, 1.82) is 0 Å². The fourth-order valence-electron chi connectivity index (χ4n) is 10.0. The lowest BCUT2D eigenvalue weighted by atomic mass is 9.85. The molecule has 1 unspecified atom stereocenters. The molecule has 2 aromatic heterocycles. The molecule has 4 N–H and O–H groups in total. The standard InChI is InChI=1S/C55H72F3N7O5S/c1-34-26-41-40-16-11-12-17-44(40)61-48(41)49(65(34)32-55(6,7)58)47-42(56)28-39(29-43(47)57)70-25-15-14-24-63(8)23-13-9-10-18-46(67)62-51(54(3,4)5)53(69)64-31-38(66)27-45(64)52(68)59-30-36-19-21-37(22-20-36)50-35(2)60-33-71-50/h11-12,16-17,19-22,28-29,33-34,38,45,49,51,61,66H,9-10,13-15,18,23-27,30-32H2,1-8H3,(H,59,68)(H,62,67)/t34-,38-,45+,49-,51?/m1/s1. The molecule has 16 heteroatoms. The van der Waals surface area contributed by atoms with Gasteiger partial charge in [-0.05, 0) is 108 Å². The number of ether oxygens (including phenoxy) is 1. The lowest BCUT2D eigenvalue weighted by Gasteiger charge is -2.43. The number of benzene rings is 3. The van der Waals surface area contributed by atoms with E-state index < -0.39 is 52.9 Å². The lowest BCUT2D eigenvalue weighted by molar-refractivity contribution is -0.144. The zero-order valence-electron chi connectivity index (χ0n) is 42.5. The third-order valence-corrected chi connectivity index (χ3v) is 14.7. The number of carbonyl (C=O) groups excluding carboxylic acids is 3. The molecule has 3 aromatic carbocycles. The monoisotopic (exact) mass is 1000 g/mol. The Balaban J connectivity index is 0.822. The number of aryl methyl sites for hydroxylation is 1. The summed E-state index contributed by atoms with van der Waals surface area (Å²) in [5.74, 6) is -2.35. The maximum absolute atomic E-state index is 16.1. The number of nitrogens with zero attached hydrogens (tertiary/aromatic N) is 4. The Labute approximate surface area is 420 Å². The predicted molar refractivity (Wildman–Crippen MR) is 274 cm³/mol. The molecule has 0 radical (unpaired) electrons. The lowest BCUT2D eigenvalue weighted by Crippen LogP contribution is -2.57. The Hall–Kier alpha value is -5.29. The molecule has 0 spiro atoms. The van der Waals surface area contributed by atoms with Crippen LogP contribution in [0.2, 0.25) is 0 Å². The van der Waals surface area contributed by atoms with Crippen LogP contribution in [0.4, 0.5) is 13.2 Å². The topological polar surface area (TPSA) is 143 Å². The molecule has 4 heterocycles. The number of fused-ring (bicyclic) bond motifs is 3. The predicted octanol–water partition coefficient (Wildman–Crippen LogP) is 9.42. The Morgan fingerprint density at radius 1 is 0.986 bits per heavy atom. The van der Waals surface area contributed by atoms with Crippen molar-refractivity contribution >= 4 is 40.0 Å². The van der Waals surface area contributed by atoms with E-state index in [4.69, 9.17) is 4.74 Å². The summed E-state index contributed by atoms with van der Waals surface area (Å²) < 4.78 is 53.2. The van der Waals surface area contributed by atoms with Gasteiger partial charge in [0.15, 0.2) is 0 Å². The molecule has 0 saturated carbocycles. The van der Waals surface area contributed by atoms with Gasteiger partial charge in [-0.2, -0.15) is 0 Å². The van der Waals surface area contributed by atoms with Crippen molar-refractivity contribution < 1.29 is 37.4 Å². The van der Waals surface area contributed by atoms with Crippen LogP contribution in [0.3, 0.4) is 0 Å². The van der Waals surface area contributed by atoms with Gasteiger partial charge in [0, 0.05) is 72.8 Å². The van der Waals surface area contributed by atoms with Gasteiger partial charge < -0.3 is 35.3 Å². The number of hydrogen-bond donors (Lipinski definition) is 4. The number of halogens is 3. The fourth-order valence-corrected chi connectivity index (χ4v) is 10.9. The first-order chi connectivity index (χ1) is 33.7. The number of alkyl halides is 1. The van der Waals surface area contributed by atoms with Crippen LogP contribution in [0, 0.1) is 24.0 Å². The van der Waals surface area contributed by atoms with Crippen LogP contribution in [0.1, 0.15) is 121 Å². The van der Waals surface area contributed by atoms with Gasteiger partial charge in [-0.3, -0.25) is 19.3 Å². The summed E-state index contributed by atoms with van der Waals surface area (Å²) in [7, 11) is 2.03. The number of unbranched alkanes of at least 4 members (excludes halogenated alkanes) is 3. The van der Waals surface area contributed by atoms with Gasteiger partial charge in [0.05, 0.1) is 34.8 Å². The molecule has 1 fully saturated rings. The van der Waals surface area contributed by atoms with Crippen molar-refractivity contribution in [3.63, 3.8) is 0 Å². The number of para-hydroxylation sites is 1. The molecule has 384 valence electrons. The van der Waals surface area contributed by atoms with Gasteiger partial charge in [-0.25, -0.2) is 18.2 Å². The Morgan fingerprint density at radius 3 is 2.34 bits per heavy atom. The number of β-amino-alcohol motifs (C(OH)–C–C–N with tert-alkyl or cyclic N) is 1. The Morgan fingerprint density at radius 2 is 1.68 bits per heavy atom. The van der Waals surface area contributed by atoms with E-state index in [0.717, 1.165) is 70.5 Å². The molecule has 3 amide bonds. The van der Waals surface area contributed by atoms with E-state index >= 15 is 13.2 Å². The van der Waals surface area contributed by atoms with Crippen LogP contribution in [-0.4, -0.2) is 117 Å². The van der Waals surface area contributed by atoms with E-state index in [1.165, 1.54) is 30.9 Å². The van der Waals surface area contributed by atoms with Gasteiger partial charge in [-0.1, -0.05) is 69.7 Å². The van der Waals surface area contributed by atoms with Crippen LogP contribution >= 0.6 is 11.3 Å². The minimum absolute atomic E-state index is 0.00299. The molecule has 0 bridgehead atoms. The second-order valence-electron chi connectivity index (χ2n) is 21.3. The first-order valence-electron chi connectivity index (χ1n) is 25.1. The fraction of sp³-hybridized carbons (Fsp3) is 0.527. The van der Waals surface area contributed by atoms with Crippen molar-refractivity contribution in [3.8, 4) is 16.2 Å².